The number of anilines is 1. The van der Waals surface area contributed by atoms with E-state index in [1.54, 1.807) is 7.11 Å². The lowest BCUT2D eigenvalue weighted by molar-refractivity contribution is -0.118. The van der Waals surface area contributed by atoms with Crippen LogP contribution in [0, 0.1) is 0 Å². The van der Waals surface area contributed by atoms with Crippen LogP contribution in [-0.4, -0.2) is 19.9 Å². The average Bonchev–Trinajstić information content (AvgIpc) is 2.92. The fraction of sp³-hybridized carbons (Fsp3) is 0.286. The third kappa shape index (κ3) is 2.94. The zero-order valence-corrected chi connectivity index (χ0v) is 14.5. The number of hydrogen-bond donors (Lipinski definition) is 0. The molecule has 0 unspecified atom stereocenters. The third-order valence-electron chi connectivity index (χ3n) is 4.93. The van der Waals surface area contributed by atoms with Crippen LogP contribution in [0.15, 0.2) is 66.4 Å². The van der Waals surface area contributed by atoms with Gasteiger partial charge >= 0.3 is 0 Å². The number of Topliss-reactive ketones (excluding diaryl/α,β-unsaturated/α-hetero) is 1. The number of benzene rings is 2. The molecule has 0 radical (unpaired) electrons. The zero-order valence-electron chi connectivity index (χ0n) is 14.5. The van der Waals surface area contributed by atoms with Crippen LogP contribution < -0.4 is 9.64 Å². The number of para-hydroxylation sites is 1. The van der Waals surface area contributed by atoms with Gasteiger partial charge in [0.25, 0.3) is 0 Å². The molecule has 3 heteroatoms. The van der Waals surface area contributed by atoms with Crippen LogP contribution in [-0.2, 0) is 10.2 Å². The van der Waals surface area contributed by atoms with E-state index in [0.29, 0.717) is 0 Å². The number of nitrogens with zero attached hydrogens (tertiary/aromatic N) is 1. The van der Waals surface area contributed by atoms with Gasteiger partial charge in [0.2, 0.25) is 0 Å². The maximum atomic E-state index is 13.0. The van der Waals surface area contributed by atoms with E-state index in [1.807, 2.05) is 79.7 Å². The zero-order chi connectivity index (χ0) is 17.2. The number of rotatable bonds is 4. The molecular weight excluding hydrogens is 298 g/mol. The van der Waals surface area contributed by atoms with Crippen molar-refractivity contribution in [2.24, 2.45) is 0 Å². The largest absolute Gasteiger partial charge is 0.497 e. The van der Waals surface area contributed by atoms with E-state index < -0.39 is 5.41 Å². The Balaban J connectivity index is 1.84. The van der Waals surface area contributed by atoms with Crippen LogP contribution in [0.5, 0.6) is 5.75 Å². The lowest BCUT2D eigenvalue weighted by Gasteiger charge is -2.22. The molecule has 0 heterocycles. The smallest absolute Gasteiger partial charge is 0.170 e. The minimum Gasteiger partial charge on any atom is -0.497 e. The molecule has 2 aromatic rings. The number of carbonyl (C=O) groups is 1. The molecule has 1 aliphatic rings. The Labute approximate surface area is 143 Å². The van der Waals surface area contributed by atoms with Crippen LogP contribution in [0.3, 0.4) is 0 Å². The van der Waals surface area contributed by atoms with Crippen molar-refractivity contribution in [1.29, 1.82) is 0 Å². The molecule has 2 aromatic carbocycles. The van der Waals surface area contributed by atoms with E-state index >= 15 is 0 Å². The van der Waals surface area contributed by atoms with Crippen LogP contribution >= 0.6 is 0 Å². The predicted octanol–water partition coefficient (Wildman–Crippen LogP) is 4.34. The van der Waals surface area contributed by atoms with Gasteiger partial charge < -0.3 is 9.64 Å². The molecule has 0 amide bonds. The molecule has 24 heavy (non-hydrogen) atoms. The van der Waals surface area contributed by atoms with Gasteiger partial charge in [0.15, 0.2) is 5.78 Å². The first-order valence-corrected chi connectivity index (χ1v) is 8.22. The molecule has 0 N–H and O–H groups in total. The van der Waals surface area contributed by atoms with Crippen LogP contribution in [0.2, 0.25) is 0 Å². The number of ketones is 1. The molecule has 1 aliphatic carbocycles. The maximum absolute atomic E-state index is 13.0. The monoisotopic (exact) mass is 321 g/mol. The van der Waals surface area contributed by atoms with Crippen molar-refractivity contribution in [2.45, 2.75) is 25.2 Å². The molecule has 1 atom stereocenters. The Morgan fingerprint density at radius 1 is 1.08 bits per heavy atom. The molecule has 0 spiro atoms. The Hall–Kier alpha value is -2.55. The normalized spacial score (nSPS) is 22.0. The van der Waals surface area contributed by atoms with Gasteiger partial charge in [-0.05, 0) is 49.6 Å². The minimum atomic E-state index is -0.449. The van der Waals surface area contributed by atoms with E-state index in [0.717, 1.165) is 35.4 Å². The fourth-order valence-corrected chi connectivity index (χ4v) is 3.29. The van der Waals surface area contributed by atoms with E-state index in [-0.39, 0.29) is 5.78 Å². The summed E-state index contributed by atoms with van der Waals surface area (Å²) in [6, 6.07) is 17.9. The summed E-state index contributed by atoms with van der Waals surface area (Å²) in [6.07, 6.45) is 3.62. The SMILES string of the molecule is COc1ccc([C@@]2(C)CC/C(=C\N(C)c3ccccc3)C2=O)cc1. The van der Waals surface area contributed by atoms with Gasteiger partial charge in [-0.25, -0.2) is 0 Å². The summed E-state index contributed by atoms with van der Waals surface area (Å²) in [5, 5.41) is 0. The predicted molar refractivity (Wildman–Crippen MR) is 97.5 cm³/mol. The van der Waals surface area contributed by atoms with Crippen molar-refractivity contribution in [1.82, 2.24) is 0 Å². The topological polar surface area (TPSA) is 29.5 Å². The molecular formula is C21H23NO2. The molecule has 124 valence electrons. The standard InChI is InChI=1S/C21H23NO2/c1-21(17-9-11-19(24-3)12-10-17)14-13-16(20(21)23)15-22(2)18-7-5-4-6-8-18/h4-12,15H,13-14H2,1-3H3/b16-15+/t21-/m1/s1. The summed E-state index contributed by atoms with van der Waals surface area (Å²) in [5.74, 6) is 1.03. The Morgan fingerprint density at radius 3 is 2.38 bits per heavy atom. The second-order valence-corrected chi connectivity index (χ2v) is 6.49. The van der Waals surface area contributed by atoms with Crippen molar-refractivity contribution in [3.63, 3.8) is 0 Å². The van der Waals surface area contributed by atoms with Gasteiger partial charge in [-0.3, -0.25) is 4.79 Å². The lowest BCUT2D eigenvalue weighted by atomic mass is 9.80. The van der Waals surface area contributed by atoms with Crippen molar-refractivity contribution in [2.75, 3.05) is 19.1 Å². The first-order valence-electron chi connectivity index (χ1n) is 8.22. The van der Waals surface area contributed by atoms with Crippen molar-refractivity contribution >= 4 is 11.5 Å². The summed E-state index contributed by atoms with van der Waals surface area (Å²) < 4.78 is 5.21. The molecule has 0 saturated heterocycles. The maximum Gasteiger partial charge on any atom is 0.170 e. The van der Waals surface area contributed by atoms with Crippen molar-refractivity contribution < 1.29 is 9.53 Å². The number of hydrogen-bond acceptors (Lipinski definition) is 3. The van der Waals surface area contributed by atoms with E-state index in [2.05, 4.69) is 0 Å². The number of carbonyl (C=O) groups excluding carboxylic acids is 1. The number of methoxy groups -OCH3 is 1. The number of ether oxygens (including phenoxy) is 1. The molecule has 1 saturated carbocycles. The van der Waals surface area contributed by atoms with Crippen LogP contribution in [0.25, 0.3) is 0 Å². The summed E-state index contributed by atoms with van der Waals surface area (Å²) in [7, 11) is 3.64. The number of allylic oxidation sites excluding steroid dienone is 1. The Morgan fingerprint density at radius 2 is 1.75 bits per heavy atom. The second kappa shape index (κ2) is 6.52. The molecule has 1 fully saturated rings. The molecule has 0 aromatic heterocycles. The van der Waals surface area contributed by atoms with Crippen LogP contribution in [0.1, 0.15) is 25.3 Å². The van der Waals surface area contributed by atoms with E-state index in [1.165, 1.54) is 0 Å². The molecule has 0 aliphatic heterocycles. The molecule has 0 bridgehead atoms. The van der Waals surface area contributed by atoms with Gasteiger partial charge in [-0.2, -0.15) is 0 Å². The average molecular weight is 321 g/mol. The highest BCUT2D eigenvalue weighted by atomic mass is 16.5. The lowest BCUT2D eigenvalue weighted by Crippen LogP contribution is -2.27. The highest BCUT2D eigenvalue weighted by Gasteiger charge is 2.42. The Kier molecular flexibility index (Phi) is 4.43. The van der Waals surface area contributed by atoms with Gasteiger partial charge in [-0.15, -0.1) is 0 Å². The first kappa shape index (κ1) is 16.3. The van der Waals surface area contributed by atoms with Crippen molar-refractivity contribution in [3.8, 4) is 5.75 Å². The Bertz CT molecular complexity index is 749. The van der Waals surface area contributed by atoms with E-state index in [4.69, 9.17) is 4.74 Å². The molecule has 3 rings (SSSR count). The van der Waals surface area contributed by atoms with Gasteiger partial charge in [-0.1, -0.05) is 30.3 Å². The first-order chi connectivity index (χ1) is 11.5. The van der Waals surface area contributed by atoms with Gasteiger partial charge in [0, 0.05) is 24.5 Å². The van der Waals surface area contributed by atoms with Crippen LogP contribution in [0.4, 0.5) is 5.69 Å². The summed E-state index contributed by atoms with van der Waals surface area (Å²) in [5.41, 5.74) is 2.57. The summed E-state index contributed by atoms with van der Waals surface area (Å²) >= 11 is 0. The minimum absolute atomic E-state index is 0.218. The summed E-state index contributed by atoms with van der Waals surface area (Å²) in [4.78, 5) is 15.0. The van der Waals surface area contributed by atoms with E-state index in [9.17, 15) is 4.79 Å². The fourth-order valence-electron chi connectivity index (χ4n) is 3.29. The van der Waals surface area contributed by atoms with Gasteiger partial charge in [0.05, 0.1) is 12.5 Å². The molecule has 3 nitrogen and oxygen atoms in total. The second-order valence-electron chi connectivity index (χ2n) is 6.49. The highest BCUT2D eigenvalue weighted by Crippen LogP contribution is 2.41. The van der Waals surface area contributed by atoms with Crippen molar-refractivity contribution in [3.05, 3.63) is 71.9 Å². The highest BCUT2D eigenvalue weighted by molar-refractivity contribution is 6.05. The van der Waals surface area contributed by atoms with Gasteiger partial charge in [0.1, 0.15) is 5.75 Å². The third-order valence-corrected chi connectivity index (χ3v) is 4.93. The summed E-state index contributed by atoms with van der Waals surface area (Å²) in [6.45, 7) is 2.04. The quantitative estimate of drug-likeness (QED) is 0.785.